The van der Waals surface area contributed by atoms with Gasteiger partial charge in [-0.05, 0) is 55.9 Å². The predicted octanol–water partition coefficient (Wildman–Crippen LogP) is 4.29. The number of H-pyrrole nitrogens is 1. The fourth-order valence-electron chi connectivity index (χ4n) is 4.60. The molecule has 0 bridgehead atoms. The van der Waals surface area contributed by atoms with Gasteiger partial charge < -0.3 is 10.2 Å². The predicted molar refractivity (Wildman–Crippen MR) is 115 cm³/mol. The van der Waals surface area contributed by atoms with Crippen molar-refractivity contribution in [3.63, 3.8) is 0 Å². The number of rotatable bonds is 4. The summed E-state index contributed by atoms with van der Waals surface area (Å²) in [5.41, 5.74) is 4.66. The van der Waals surface area contributed by atoms with Gasteiger partial charge in [-0.1, -0.05) is 18.9 Å². The Hall–Kier alpha value is -2.89. The molecule has 0 radical (unpaired) electrons. The van der Waals surface area contributed by atoms with E-state index in [0.717, 1.165) is 48.0 Å². The van der Waals surface area contributed by atoms with E-state index in [9.17, 15) is 4.79 Å². The van der Waals surface area contributed by atoms with Gasteiger partial charge in [0.25, 0.3) is 5.91 Å². The molecule has 1 amide bonds. The minimum atomic E-state index is -0.0829. The molecule has 29 heavy (non-hydrogen) atoms. The number of nitrogens with one attached hydrogen (secondary N) is 2. The second-order valence-electron chi connectivity index (χ2n) is 8.27. The summed E-state index contributed by atoms with van der Waals surface area (Å²) in [7, 11) is 0. The molecule has 2 aliphatic rings. The van der Waals surface area contributed by atoms with Crippen LogP contribution in [-0.2, 0) is 0 Å². The summed E-state index contributed by atoms with van der Waals surface area (Å²) in [6.07, 6.45) is 12.1. The van der Waals surface area contributed by atoms with Gasteiger partial charge in [-0.2, -0.15) is 5.10 Å². The number of pyridine rings is 1. The zero-order valence-electron chi connectivity index (χ0n) is 16.7. The first kappa shape index (κ1) is 18.2. The molecule has 3 aromatic rings. The van der Waals surface area contributed by atoms with Crippen LogP contribution in [0.4, 0.5) is 5.69 Å². The Kier molecular flexibility index (Phi) is 4.92. The molecule has 1 saturated carbocycles. The van der Waals surface area contributed by atoms with Gasteiger partial charge in [-0.25, -0.2) is 0 Å². The number of carbonyl (C=O) groups excluding carboxylic acids is 1. The number of fused-ring (bicyclic) bond motifs is 1. The monoisotopic (exact) mass is 389 g/mol. The second-order valence-corrected chi connectivity index (χ2v) is 8.27. The van der Waals surface area contributed by atoms with E-state index in [1.165, 1.54) is 37.8 Å². The van der Waals surface area contributed by atoms with Gasteiger partial charge in [0.05, 0.1) is 17.4 Å². The topological polar surface area (TPSA) is 73.9 Å². The Morgan fingerprint density at radius 2 is 1.83 bits per heavy atom. The molecule has 6 nitrogen and oxygen atoms in total. The first-order valence-electron chi connectivity index (χ1n) is 10.8. The first-order chi connectivity index (χ1) is 14.3. The largest absolute Gasteiger partial charge is 0.370 e. The van der Waals surface area contributed by atoms with E-state index < -0.39 is 0 Å². The molecule has 0 spiro atoms. The van der Waals surface area contributed by atoms with E-state index in [1.807, 2.05) is 18.5 Å². The van der Waals surface area contributed by atoms with Crippen molar-refractivity contribution in [1.82, 2.24) is 20.5 Å². The lowest BCUT2D eigenvalue weighted by Crippen LogP contribution is -2.32. The van der Waals surface area contributed by atoms with Crippen LogP contribution in [0.2, 0.25) is 0 Å². The molecule has 0 unspecified atom stereocenters. The average molecular weight is 390 g/mol. The molecule has 0 atom stereocenters. The highest BCUT2D eigenvalue weighted by atomic mass is 16.2. The lowest BCUT2D eigenvalue weighted by atomic mass is 10.0. The highest BCUT2D eigenvalue weighted by Gasteiger charge is 2.21. The number of aromatic amines is 1. The minimum absolute atomic E-state index is 0.0829. The van der Waals surface area contributed by atoms with Crippen molar-refractivity contribution >= 4 is 22.5 Å². The zero-order valence-corrected chi connectivity index (χ0v) is 16.7. The summed E-state index contributed by atoms with van der Waals surface area (Å²) < 4.78 is 0. The normalized spacial score (nSPS) is 17.7. The number of anilines is 1. The van der Waals surface area contributed by atoms with E-state index >= 15 is 0 Å². The number of benzene rings is 1. The molecular formula is C23H27N5O. The Labute approximate surface area is 170 Å². The molecule has 1 saturated heterocycles. The van der Waals surface area contributed by atoms with E-state index in [2.05, 4.69) is 43.6 Å². The van der Waals surface area contributed by atoms with Crippen LogP contribution in [-0.4, -0.2) is 40.2 Å². The molecule has 1 aliphatic heterocycles. The third-order valence-electron chi connectivity index (χ3n) is 6.25. The van der Waals surface area contributed by atoms with Crippen LogP contribution in [0.15, 0.2) is 36.7 Å². The van der Waals surface area contributed by atoms with Gasteiger partial charge in [-0.3, -0.25) is 14.9 Å². The molecule has 2 N–H and O–H groups in total. The van der Waals surface area contributed by atoms with Crippen LogP contribution < -0.4 is 10.2 Å². The first-order valence-corrected chi connectivity index (χ1v) is 10.8. The number of nitrogens with zero attached hydrogens (tertiary/aromatic N) is 3. The maximum atomic E-state index is 12.8. The number of piperidine rings is 1. The third-order valence-corrected chi connectivity index (χ3v) is 6.25. The molecule has 150 valence electrons. The number of hydrogen-bond acceptors (Lipinski definition) is 4. The molecule has 2 fully saturated rings. The number of amides is 1. The zero-order chi connectivity index (χ0) is 19.6. The highest BCUT2D eigenvalue weighted by Crippen LogP contribution is 2.29. The van der Waals surface area contributed by atoms with Crippen molar-refractivity contribution in [3.8, 4) is 11.1 Å². The average Bonchev–Trinajstić information content (AvgIpc) is 3.43. The number of carbonyl (C=O) groups is 1. The quantitative estimate of drug-likeness (QED) is 0.698. The molecular weight excluding hydrogens is 362 g/mol. The summed E-state index contributed by atoms with van der Waals surface area (Å²) in [4.78, 5) is 19.7. The molecule has 3 heterocycles. The maximum Gasteiger partial charge on any atom is 0.272 e. The lowest BCUT2D eigenvalue weighted by Gasteiger charge is -2.28. The Morgan fingerprint density at radius 3 is 2.66 bits per heavy atom. The fourth-order valence-corrected chi connectivity index (χ4v) is 4.60. The molecule has 2 aromatic heterocycles. The van der Waals surface area contributed by atoms with Gasteiger partial charge in [0, 0.05) is 36.3 Å². The van der Waals surface area contributed by atoms with Gasteiger partial charge in [0.15, 0.2) is 5.69 Å². The maximum absolute atomic E-state index is 12.8. The minimum Gasteiger partial charge on any atom is -0.370 e. The smallest absolute Gasteiger partial charge is 0.272 e. The van der Waals surface area contributed by atoms with E-state index in [1.54, 1.807) is 0 Å². The van der Waals surface area contributed by atoms with Crippen molar-refractivity contribution in [1.29, 1.82) is 0 Å². The Balaban J connectivity index is 1.44. The van der Waals surface area contributed by atoms with Gasteiger partial charge in [-0.15, -0.1) is 0 Å². The molecule has 6 heteroatoms. The Morgan fingerprint density at radius 1 is 1.00 bits per heavy atom. The van der Waals surface area contributed by atoms with Crippen LogP contribution in [0.25, 0.3) is 22.0 Å². The molecule has 1 aromatic carbocycles. The summed E-state index contributed by atoms with van der Waals surface area (Å²) in [6, 6.07) is 8.60. The van der Waals surface area contributed by atoms with Crippen molar-refractivity contribution in [3.05, 3.63) is 42.4 Å². The highest BCUT2D eigenvalue weighted by molar-refractivity contribution is 6.05. The number of hydrogen-bond donors (Lipinski definition) is 2. The van der Waals surface area contributed by atoms with Crippen LogP contribution in [0.1, 0.15) is 55.4 Å². The second kappa shape index (κ2) is 7.85. The number of aromatic nitrogens is 3. The summed E-state index contributed by atoms with van der Waals surface area (Å²) >= 11 is 0. The van der Waals surface area contributed by atoms with E-state index in [4.69, 9.17) is 0 Å². The lowest BCUT2D eigenvalue weighted by molar-refractivity contribution is 0.0934. The SMILES string of the molecule is O=C(NC1CCCC1)c1n[nH]c2ccc(-c3cncc(N4CCCCC4)c3)cc12. The van der Waals surface area contributed by atoms with Gasteiger partial charge in [0.1, 0.15) is 0 Å². The molecule has 1 aliphatic carbocycles. The van der Waals surface area contributed by atoms with Crippen LogP contribution >= 0.6 is 0 Å². The molecule has 5 rings (SSSR count). The summed E-state index contributed by atoms with van der Waals surface area (Å²) in [5.74, 6) is -0.0829. The summed E-state index contributed by atoms with van der Waals surface area (Å²) in [6.45, 7) is 2.19. The van der Waals surface area contributed by atoms with E-state index in [0.29, 0.717) is 5.69 Å². The Bertz CT molecular complexity index is 1020. The van der Waals surface area contributed by atoms with Gasteiger partial charge >= 0.3 is 0 Å². The summed E-state index contributed by atoms with van der Waals surface area (Å²) in [5, 5.41) is 11.3. The van der Waals surface area contributed by atoms with Crippen molar-refractivity contribution in [2.45, 2.75) is 51.0 Å². The van der Waals surface area contributed by atoms with E-state index in [-0.39, 0.29) is 11.9 Å². The van der Waals surface area contributed by atoms with Crippen LogP contribution in [0, 0.1) is 0 Å². The van der Waals surface area contributed by atoms with Gasteiger partial charge in [0.2, 0.25) is 0 Å². The van der Waals surface area contributed by atoms with Crippen molar-refractivity contribution < 1.29 is 4.79 Å². The van der Waals surface area contributed by atoms with Crippen LogP contribution in [0.5, 0.6) is 0 Å². The third kappa shape index (κ3) is 3.71. The standard InChI is InChI=1S/C23H27N5O/c29-23(25-18-6-2-3-7-18)22-20-13-16(8-9-21(20)26-27-22)17-12-19(15-24-14-17)28-10-4-1-5-11-28/h8-9,12-15,18H,1-7,10-11H2,(H,25,29)(H,26,27). The van der Waals surface area contributed by atoms with Crippen LogP contribution in [0.3, 0.4) is 0 Å². The van der Waals surface area contributed by atoms with Crippen molar-refractivity contribution in [2.75, 3.05) is 18.0 Å². The fraction of sp³-hybridized carbons (Fsp3) is 0.435. The van der Waals surface area contributed by atoms with Crippen molar-refractivity contribution in [2.24, 2.45) is 0 Å².